The highest BCUT2D eigenvalue weighted by Crippen LogP contribution is 2.32. The molecule has 0 atom stereocenters. The first-order chi connectivity index (χ1) is 8.92. The lowest BCUT2D eigenvalue weighted by atomic mass is 9.79. The highest BCUT2D eigenvalue weighted by Gasteiger charge is 2.33. The van der Waals surface area contributed by atoms with Crippen LogP contribution >= 0.6 is 0 Å². The van der Waals surface area contributed by atoms with Gasteiger partial charge in [0, 0.05) is 30.4 Å². The molecule has 0 aliphatic carbocycles. The Labute approximate surface area is 112 Å². The summed E-state index contributed by atoms with van der Waals surface area (Å²) in [6.45, 7) is 3.63. The molecule has 0 bridgehead atoms. The van der Waals surface area contributed by atoms with Gasteiger partial charge in [-0.2, -0.15) is 0 Å². The predicted octanol–water partition coefficient (Wildman–Crippen LogP) is 0.723. The summed E-state index contributed by atoms with van der Waals surface area (Å²) in [5.41, 5.74) is 11.9. The summed E-state index contributed by atoms with van der Waals surface area (Å²) in [4.78, 5) is 17.2. The number of hydrogen-bond acceptors (Lipinski definition) is 4. The predicted molar refractivity (Wildman–Crippen MR) is 74.2 cm³/mol. The van der Waals surface area contributed by atoms with Gasteiger partial charge in [0.15, 0.2) is 0 Å². The summed E-state index contributed by atoms with van der Waals surface area (Å²) in [6, 6.07) is 3.57. The lowest BCUT2D eigenvalue weighted by molar-refractivity contribution is 0.0995. The Kier molecular flexibility index (Phi) is 3.42. The molecule has 19 heavy (non-hydrogen) atoms. The third-order valence-corrected chi connectivity index (χ3v) is 3.88. The van der Waals surface area contributed by atoms with E-state index in [2.05, 4.69) is 9.88 Å². The Morgan fingerprint density at radius 2 is 2.05 bits per heavy atom. The van der Waals surface area contributed by atoms with E-state index in [1.807, 2.05) is 13.0 Å². The first kappa shape index (κ1) is 13.3. The molecule has 2 rings (SSSR count). The number of nitrogens with zero attached hydrogens (tertiary/aromatic N) is 2. The molecule has 1 amide bonds. The number of primary amides is 1. The maximum Gasteiger partial charge on any atom is 0.267 e. The molecule has 2 heterocycles. The van der Waals surface area contributed by atoms with E-state index in [0.717, 1.165) is 31.6 Å². The van der Waals surface area contributed by atoms with Crippen LogP contribution < -0.4 is 16.4 Å². The quantitative estimate of drug-likeness (QED) is 0.550. The topological polar surface area (TPSA) is 109 Å². The second kappa shape index (κ2) is 4.87. The van der Waals surface area contributed by atoms with Crippen LogP contribution in [0.5, 0.6) is 0 Å². The van der Waals surface area contributed by atoms with Crippen molar-refractivity contribution in [3.8, 4) is 0 Å². The minimum atomic E-state index is -0.521. The van der Waals surface area contributed by atoms with Crippen LogP contribution in [-0.4, -0.2) is 29.8 Å². The van der Waals surface area contributed by atoms with Gasteiger partial charge in [-0.05, 0) is 25.0 Å². The summed E-state index contributed by atoms with van der Waals surface area (Å²) in [5.74, 6) is -0.271. The van der Waals surface area contributed by atoms with Gasteiger partial charge in [0.25, 0.3) is 5.91 Å². The van der Waals surface area contributed by atoms with Crippen molar-refractivity contribution in [3.63, 3.8) is 0 Å². The Bertz CT molecular complexity index is 506. The van der Waals surface area contributed by atoms with Crippen molar-refractivity contribution in [1.82, 2.24) is 4.98 Å². The molecule has 0 spiro atoms. The van der Waals surface area contributed by atoms with Crippen LogP contribution in [0.25, 0.3) is 0 Å². The zero-order valence-electron chi connectivity index (χ0n) is 11.0. The molecule has 0 aromatic carbocycles. The average molecular weight is 261 g/mol. The summed E-state index contributed by atoms with van der Waals surface area (Å²) in [7, 11) is 0. The van der Waals surface area contributed by atoms with Gasteiger partial charge in [-0.3, -0.25) is 15.2 Å². The number of hydrogen-bond donors (Lipinski definition) is 3. The van der Waals surface area contributed by atoms with Crippen molar-refractivity contribution in [2.75, 3.05) is 18.0 Å². The molecule has 102 valence electrons. The van der Waals surface area contributed by atoms with Crippen molar-refractivity contribution in [1.29, 1.82) is 5.41 Å². The third-order valence-electron chi connectivity index (χ3n) is 3.88. The zero-order chi connectivity index (χ0) is 14.0. The fourth-order valence-electron chi connectivity index (χ4n) is 2.28. The SMILES string of the molecule is CC1(C(=N)N)CCN(c2ccnc(C(N)=O)c2)CC1. The van der Waals surface area contributed by atoms with Crippen LogP contribution in [0, 0.1) is 10.8 Å². The summed E-state index contributed by atoms with van der Waals surface area (Å²) in [6.07, 6.45) is 3.25. The van der Waals surface area contributed by atoms with Crippen molar-refractivity contribution in [2.45, 2.75) is 19.8 Å². The zero-order valence-corrected chi connectivity index (χ0v) is 11.0. The molecule has 1 fully saturated rings. The molecule has 6 nitrogen and oxygen atoms in total. The standard InChI is InChI=1S/C13H19N5O/c1-13(12(15)16)3-6-18(7-4-13)9-2-5-17-10(8-9)11(14)19/h2,5,8H,3-4,6-7H2,1H3,(H2,14,19)(H3,15,16). The van der Waals surface area contributed by atoms with Crippen molar-refractivity contribution >= 4 is 17.4 Å². The van der Waals surface area contributed by atoms with Gasteiger partial charge in [0.1, 0.15) is 5.69 Å². The van der Waals surface area contributed by atoms with Gasteiger partial charge in [-0.15, -0.1) is 0 Å². The third kappa shape index (κ3) is 2.67. The molecule has 1 aliphatic rings. The van der Waals surface area contributed by atoms with Gasteiger partial charge in [-0.25, -0.2) is 0 Å². The molecular formula is C13H19N5O. The van der Waals surface area contributed by atoms with Gasteiger partial charge < -0.3 is 16.4 Å². The van der Waals surface area contributed by atoms with Crippen molar-refractivity contribution in [2.24, 2.45) is 16.9 Å². The number of piperidine rings is 1. The van der Waals surface area contributed by atoms with Crippen LogP contribution in [0.3, 0.4) is 0 Å². The number of nitrogens with two attached hydrogens (primary N) is 2. The van der Waals surface area contributed by atoms with E-state index in [0.29, 0.717) is 0 Å². The maximum absolute atomic E-state index is 11.1. The van der Waals surface area contributed by atoms with E-state index in [1.165, 1.54) is 0 Å². The fraction of sp³-hybridized carbons (Fsp3) is 0.462. The van der Waals surface area contributed by atoms with E-state index in [1.54, 1.807) is 12.3 Å². The summed E-state index contributed by atoms with van der Waals surface area (Å²) >= 11 is 0. The monoisotopic (exact) mass is 261 g/mol. The highest BCUT2D eigenvalue weighted by molar-refractivity contribution is 5.91. The fourth-order valence-corrected chi connectivity index (χ4v) is 2.28. The molecule has 1 saturated heterocycles. The van der Waals surface area contributed by atoms with E-state index in [9.17, 15) is 4.79 Å². The second-order valence-electron chi connectivity index (χ2n) is 5.22. The Morgan fingerprint density at radius 3 is 2.58 bits per heavy atom. The number of carbonyl (C=O) groups excluding carboxylic acids is 1. The normalized spacial score (nSPS) is 18.1. The number of amidine groups is 1. The molecule has 0 radical (unpaired) electrons. The van der Waals surface area contributed by atoms with E-state index in [4.69, 9.17) is 16.9 Å². The molecule has 1 aromatic rings. The van der Waals surface area contributed by atoms with Crippen LogP contribution in [0.1, 0.15) is 30.3 Å². The molecule has 5 N–H and O–H groups in total. The summed E-state index contributed by atoms with van der Waals surface area (Å²) < 4.78 is 0. The average Bonchev–Trinajstić information content (AvgIpc) is 2.39. The van der Waals surface area contributed by atoms with E-state index < -0.39 is 5.91 Å². The van der Waals surface area contributed by atoms with Gasteiger partial charge in [0.05, 0.1) is 5.84 Å². The van der Waals surface area contributed by atoms with Gasteiger partial charge in [0.2, 0.25) is 0 Å². The van der Waals surface area contributed by atoms with Crippen LogP contribution in [-0.2, 0) is 0 Å². The lowest BCUT2D eigenvalue weighted by Crippen LogP contribution is -2.45. The number of amides is 1. The Morgan fingerprint density at radius 1 is 1.42 bits per heavy atom. The molecule has 6 heteroatoms. The smallest absolute Gasteiger partial charge is 0.267 e. The summed E-state index contributed by atoms with van der Waals surface area (Å²) in [5, 5.41) is 7.63. The number of pyridine rings is 1. The minimum Gasteiger partial charge on any atom is -0.387 e. The van der Waals surface area contributed by atoms with Crippen LogP contribution in [0.15, 0.2) is 18.3 Å². The molecule has 1 aliphatic heterocycles. The highest BCUT2D eigenvalue weighted by atomic mass is 16.1. The minimum absolute atomic E-state index is 0.212. The van der Waals surface area contributed by atoms with Gasteiger partial charge >= 0.3 is 0 Å². The van der Waals surface area contributed by atoms with Crippen molar-refractivity contribution < 1.29 is 4.79 Å². The van der Waals surface area contributed by atoms with Crippen LogP contribution in [0.4, 0.5) is 5.69 Å². The maximum atomic E-state index is 11.1. The van der Waals surface area contributed by atoms with Crippen molar-refractivity contribution in [3.05, 3.63) is 24.0 Å². The number of carbonyl (C=O) groups is 1. The molecular weight excluding hydrogens is 242 g/mol. The first-order valence-corrected chi connectivity index (χ1v) is 6.28. The Hall–Kier alpha value is -2.11. The number of rotatable bonds is 3. The molecule has 1 aromatic heterocycles. The Balaban J connectivity index is 2.12. The molecule has 0 unspecified atom stereocenters. The number of nitrogens with one attached hydrogen (secondary N) is 1. The second-order valence-corrected chi connectivity index (χ2v) is 5.22. The number of aromatic nitrogens is 1. The van der Waals surface area contributed by atoms with Crippen LogP contribution in [0.2, 0.25) is 0 Å². The largest absolute Gasteiger partial charge is 0.387 e. The lowest BCUT2D eigenvalue weighted by Gasteiger charge is -2.39. The van der Waals surface area contributed by atoms with E-state index >= 15 is 0 Å². The van der Waals surface area contributed by atoms with Gasteiger partial charge in [-0.1, -0.05) is 6.92 Å². The van der Waals surface area contributed by atoms with E-state index in [-0.39, 0.29) is 16.9 Å². The first-order valence-electron chi connectivity index (χ1n) is 6.28. The number of anilines is 1. The molecule has 0 saturated carbocycles.